The summed E-state index contributed by atoms with van der Waals surface area (Å²) in [6.45, 7) is 2.65. The number of carbonyl (C=O) groups is 2. The molecule has 0 bridgehead atoms. The minimum absolute atomic E-state index is 0.158. The first-order valence-corrected chi connectivity index (χ1v) is 8.89. The van der Waals surface area contributed by atoms with Crippen molar-refractivity contribution in [1.82, 2.24) is 24.9 Å². The fourth-order valence-corrected chi connectivity index (χ4v) is 3.08. The van der Waals surface area contributed by atoms with Crippen LogP contribution in [0.1, 0.15) is 28.0 Å². The predicted molar refractivity (Wildman–Crippen MR) is 99.1 cm³/mol. The van der Waals surface area contributed by atoms with Crippen LogP contribution in [0, 0.1) is 0 Å². The quantitative estimate of drug-likeness (QED) is 0.766. The van der Waals surface area contributed by atoms with Gasteiger partial charge in [-0.25, -0.2) is 4.79 Å². The predicted octanol–water partition coefficient (Wildman–Crippen LogP) is 1.59. The largest absolute Gasteiger partial charge is 0.352 e. The average Bonchev–Trinajstić information content (AvgIpc) is 3.06. The maximum atomic E-state index is 12.7. The summed E-state index contributed by atoms with van der Waals surface area (Å²) in [4.78, 5) is 28.9. The van der Waals surface area contributed by atoms with Crippen LogP contribution in [-0.4, -0.2) is 65.2 Å². The summed E-state index contributed by atoms with van der Waals surface area (Å²) in [7, 11) is 4.01. The summed E-state index contributed by atoms with van der Waals surface area (Å²) in [6, 6.07) is 9.69. The van der Waals surface area contributed by atoms with Crippen molar-refractivity contribution in [2.45, 2.75) is 19.4 Å². The molecule has 2 amide bonds. The summed E-state index contributed by atoms with van der Waals surface area (Å²) >= 11 is 0. The molecule has 1 aromatic heterocycles. The van der Waals surface area contributed by atoms with E-state index < -0.39 is 0 Å². The zero-order chi connectivity index (χ0) is 18.5. The Balaban J connectivity index is 1.63. The van der Waals surface area contributed by atoms with Gasteiger partial charge in [-0.05, 0) is 32.6 Å². The van der Waals surface area contributed by atoms with Crippen molar-refractivity contribution in [3.8, 4) is 0 Å². The Labute approximate surface area is 153 Å². The number of amides is 2. The number of benzene rings is 1. The second-order valence-electron chi connectivity index (χ2n) is 6.77. The second kappa shape index (κ2) is 8.14. The van der Waals surface area contributed by atoms with Gasteiger partial charge in [-0.3, -0.25) is 4.79 Å². The van der Waals surface area contributed by atoms with Crippen molar-refractivity contribution in [3.63, 3.8) is 0 Å². The Hall–Kier alpha value is -2.67. The van der Waals surface area contributed by atoms with Gasteiger partial charge < -0.3 is 15.1 Å². The van der Waals surface area contributed by atoms with Crippen LogP contribution in [0.5, 0.6) is 0 Å². The number of hydrogen-bond donors (Lipinski definition) is 1. The zero-order valence-corrected chi connectivity index (χ0v) is 15.3. The van der Waals surface area contributed by atoms with Gasteiger partial charge in [0, 0.05) is 26.1 Å². The zero-order valence-electron chi connectivity index (χ0n) is 15.3. The maximum Gasteiger partial charge on any atom is 0.345 e. The Bertz CT molecular complexity index is 769. The van der Waals surface area contributed by atoms with Gasteiger partial charge in [0.1, 0.15) is 0 Å². The highest BCUT2D eigenvalue weighted by atomic mass is 16.2. The molecular weight excluding hydrogens is 330 g/mol. The summed E-state index contributed by atoms with van der Waals surface area (Å²) in [5, 5.41) is 7.08. The maximum absolute atomic E-state index is 12.7. The van der Waals surface area contributed by atoms with Crippen molar-refractivity contribution in [1.29, 1.82) is 0 Å². The van der Waals surface area contributed by atoms with Crippen molar-refractivity contribution in [3.05, 3.63) is 53.3 Å². The summed E-state index contributed by atoms with van der Waals surface area (Å²) in [6.07, 6.45) is 3.01. The molecule has 1 N–H and O–H groups in total. The molecule has 0 saturated carbocycles. The molecular formula is C19H25N5O2. The molecule has 0 radical (unpaired) electrons. The van der Waals surface area contributed by atoms with E-state index in [1.165, 1.54) is 10.9 Å². The van der Waals surface area contributed by atoms with Crippen LogP contribution >= 0.6 is 0 Å². The molecule has 1 aromatic carbocycles. The number of rotatable bonds is 7. The molecule has 0 spiro atoms. The topological polar surface area (TPSA) is 70.5 Å². The van der Waals surface area contributed by atoms with Gasteiger partial charge in [0.15, 0.2) is 0 Å². The van der Waals surface area contributed by atoms with Gasteiger partial charge >= 0.3 is 6.03 Å². The van der Waals surface area contributed by atoms with Gasteiger partial charge in [0.2, 0.25) is 0 Å². The van der Waals surface area contributed by atoms with Crippen LogP contribution in [0.4, 0.5) is 4.79 Å². The van der Waals surface area contributed by atoms with E-state index in [0.717, 1.165) is 18.5 Å². The molecule has 1 aliphatic heterocycles. The van der Waals surface area contributed by atoms with Crippen LogP contribution in [-0.2, 0) is 13.0 Å². The molecule has 0 atom stereocenters. The van der Waals surface area contributed by atoms with E-state index in [4.69, 9.17) is 0 Å². The smallest absolute Gasteiger partial charge is 0.345 e. The van der Waals surface area contributed by atoms with E-state index in [1.54, 1.807) is 4.90 Å². The SMILES string of the molecule is CN(C)CCCNC(=O)c1cnn2c1CCN(Cc1ccccc1)C2=O. The van der Waals surface area contributed by atoms with Crippen molar-refractivity contribution >= 4 is 11.9 Å². The van der Waals surface area contributed by atoms with E-state index in [2.05, 4.69) is 15.3 Å². The van der Waals surface area contributed by atoms with E-state index in [0.29, 0.717) is 37.3 Å². The lowest BCUT2D eigenvalue weighted by molar-refractivity contribution is 0.0951. The van der Waals surface area contributed by atoms with Crippen LogP contribution in [0.15, 0.2) is 36.5 Å². The highest BCUT2D eigenvalue weighted by molar-refractivity contribution is 5.96. The first-order chi connectivity index (χ1) is 12.6. The minimum Gasteiger partial charge on any atom is -0.352 e. The van der Waals surface area contributed by atoms with E-state index in [-0.39, 0.29) is 11.9 Å². The van der Waals surface area contributed by atoms with Crippen LogP contribution in [0.3, 0.4) is 0 Å². The van der Waals surface area contributed by atoms with Crippen molar-refractivity contribution < 1.29 is 9.59 Å². The molecule has 0 unspecified atom stereocenters. The molecule has 0 saturated heterocycles. The summed E-state index contributed by atoms with van der Waals surface area (Å²) in [5.74, 6) is -0.158. The van der Waals surface area contributed by atoms with Crippen molar-refractivity contribution in [2.24, 2.45) is 0 Å². The standard InChI is InChI=1S/C19H25N5O2/c1-22(2)11-6-10-20-18(25)16-13-21-24-17(16)9-12-23(19(24)26)14-15-7-4-3-5-8-15/h3-5,7-8,13H,6,9-12,14H2,1-2H3,(H,20,25). The van der Waals surface area contributed by atoms with E-state index in [9.17, 15) is 9.59 Å². The minimum atomic E-state index is -0.179. The lowest BCUT2D eigenvalue weighted by Crippen LogP contribution is -2.42. The monoisotopic (exact) mass is 355 g/mol. The number of aromatic nitrogens is 2. The molecule has 138 valence electrons. The Morgan fingerprint density at radius 3 is 2.77 bits per heavy atom. The molecule has 3 rings (SSSR count). The van der Waals surface area contributed by atoms with Gasteiger partial charge in [0.05, 0.1) is 17.5 Å². The summed E-state index contributed by atoms with van der Waals surface area (Å²) in [5.41, 5.74) is 2.28. The third-order valence-corrected chi connectivity index (χ3v) is 4.47. The Morgan fingerprint density at radius 1 is 1.27 bits per heavy atom. The highest BCUT2D eigenvalue weighted by Gasteiger charge is 2.29. The van der Waals surface area contributed by atoms with Gasteiger partial charge in [0.25, 0.3) is 5.91 Å². The van der Waals surface area contributed by atoms with Crippen LogP contribution in [0.2, 0.25) is 0 Å². The molecule has 0 aliphatic carbocycles. The average molecular weight is 355 g/mol. The number of nitrogens with one attached hydrogen (secondary N) is 1. The van der Waals surface area contributed by atoms with Gasteiger partial charge in [-0.15, -0.1) is 0 Å². The normalized spacial score (nSPS) is 13.8. The first-order valence-electron chi connectivity index (χ1n) is 8.89. The second-order valence-corrected chi connectivity index (χ2v) is 6.77. The fraction of sp³-hybridized carbons (Fsp3) is 0.421. The molecule has 7 heteroatoms. The Kier molecular flexibility index (Phi) is 5.68. The molecule has 2 heterocycles. The van der Waals surface area contributed by atoms with Crippen molar-refractivity contribution in [2.75, 3.05) is 33.7 Å². The number of hydrogen-bond acceptors (Lipinski definition) is 4. The van der Waals surface area contributed by atoms with E-state index >= 15 is 0 Å². The van der Waals surface area contributed by atoms with Crippen LogP contribution < -0.4 is 5.32 Å². The number of fused-ring (bicyclic) bond motifs is 1. The molecule has 26 heavy (non-hydrogen) atoms. The van der Waals surface area contributed by atoms with Gasteiger partial charge in [-0.2, -0.15) is 9.78 Å². The van der Waals surface area contributed by atoms with E-state index in [1.807, 2.05) is 44.4 Å². The molecule has 1 aliphatic rings. The lowest BCUT2D eigenvalue weighted by Gasteiger charge is -2.27. The molecule has 7 nitrogen and oxygen atoms in total. The lowest BCUT2D eigenvalue weighted by atomic mass is 10.1. The summed E-state index contributed by atoms with van der Waals surface area (Å²) < 4.78 is 1.36. The molecule has 0 fully saturated rings. The molecule has 2 aromatic rings. The number of carbonyl (C=O) groups excluding carboxylic acids is 2. The van der Waals surface area contributed by atoms with Crippen LogP contribution in [0.25, 0.3) is 0 Å². The fourth-order valence-electron chi connectivity index (χ4n) is 3.08. The van der Waals surface area contributed by atoms with Gasteiger partial charge in [-0.1, -0.05) is 30.3 Å². The highest BCUT2D eigenvalue weighted by Crippen LogP contribution is 2.18. The number of nitrogens with zero attached hydrogens (tertiary/aromatic N) is 4. The Morgan fingerprint density at radius 2 is 2.04 bits per heavy atom. The third-order valence-electron chi connectivity index (χ3n) is 4.47. The third kappa shape index (κ3) is 4.11. The first kappa shape index (κ1) is 18.1.